The number of esters is 1. The lowest BCUT2D eigenvalue weighted by Crippen LogP contribution is -2.36. The molecule has 0 fully saturated rings. The van der Waals surface area contributed by atoms with Crippen LogP contribution in [0.1, 0.15) is 17.5 Å². The third-order valence-electron chi connectivity index (χ3n) is 1.90. The van der Waals surface area contributed by atoms with Crippen LogP contribution in [0.25, 0.3) is 0 Å². The number of ether oxygens (including phenoxy) is 1. The van der Waals surface area contributed by atoms with E-state index in [9.17, 15) is 14.4 Å². The second-order valence-electron chi connectivity index (χ2n) is 3.32. The number of hydrogen-bond acceptors (Lipinski definition) is 5. The number of nitrogens with two attached hydrogens (primary N) is 1. The summed E-state index contributed by atoms with van der Waals surface area (Å²) in [7, 11) is 0. The molecule has 0 bridgehead atoms. The van der Waals surface area contributed by atoms with Gasteiger partial charge in [-0.2, -0.15) is 0 Å². The molecule has 0 aliphatic heterocycles. The van der Waals surface area contributed by atoms with Crippen LogP contribution in [0.3, 0.4) is 0 Å². The van der Waals surface area contributed by atoms with Crippen LogP contribution in [0.2, 0.25) is 0 Å². The summed E-state index contributed by atoms with van der Waals surface area (Å²) in [6.07, 6.45) is -1.04. The van der Waals surface area contributed by atoms with Crippen molar-refractivity contribution < 1.29 is 23.5 Å². The Morgan fingerprint density at radius 3 is 2.67 bits per heavy atom. The molecule has 0 saturated carbocycles. The summed E-state index contributed by atoms with van der Waals surface area (Å²) in [4.78, 5) is 33.3. The number of nitrogens with one attached hydrogen (secondary N) is 1. The van der Waals surface area contributed by atoms with E-state index in [1.54, 1.807) is 6.07 Å². The monoisotopic (exact) mass is 318 g/mol. The highest BCUT2D eigenvalue weighted by molar-refractivity contribution is 9.10. The van der Waals surface area contributed by atoms with Gasteiger partial charge in [-0.25, -0.2) is 0 Å². The van der Waals surface area contributed by atoms with E-state index in [1.807, 2.05) is 0 Å². The van der Waals surface area contributed by atoms with E-state index in [2.05, 4.69) is 26.0 Å². The molecule has 0 saturated heterocycles. The zero-order chi connectivity index (χ0) is 13.7. The predicted molar refractivity (Wildman–Crippen MR) is 63.5 cm³/mol. The van der Waals surface area contributed by atoms with E-state index >= 15 is 0 Å². The molecule has 98 valence electrons. The summed E-state index contributed by atoms with van der Waals surface area (Å²) in [5.41, 5.74) is 4.91. The van der Waals surface area contributed by atoms with Crippen molar-refractivity contribution in [1.82, 2.24) is 5.32 Å². The zero-order valence-corrected chi connectivity index (χ0v) is 11.0. The summed E-state index contributed by atoms with van der Waals surface area (Å²) in [5.74, 6) is -2.04. The molecule has 0 aromatic carbocycles. The third kappa shape index (κ3) is 4.21. The zero-order valence-electron chi connectivity index (χ0n) is 9.44. The number of carbonyl (C=O) groups excluding carboxylic acids is 3. The van der Waals surface area contributed by atoms with Crippen LogP contribution >= 0.6 is 15.9 Å². The SMILES string of the molecule is C[C@H](OC(=O)CNC(=O)c1ccc(Br)o1)C(N)=O. The van der Waals surface area contributed by atoms with Crippen molar-refractivity contribution >= 4 is 33.7 Å². The fourth-order valence-corrected chi connectivity index (χ4v) is 1.28. The van der Waals surface area contributed by atoms with Gasteiger partial charge in [-0.05, 0) is 35.0 Å². The van der Waals surface area contributed by atoms with Crippen LogP contribution in [0.4, 0.5) is 0 Å². The molecular weight excluding hydrogens is 308 g/mol. The Kier molecular flexibility index (Phi) is 4.90. The van der Waals surface area contributed by atoms with Gasteiger partial charge in [-0.15, -0.1) is 0 Å². The highest BCUT2D eigenvalue weighted by Gasteiger charge is 2.16. The number of carbonyl (C=O) groups is 3. The van der Waals surface area contributed by atoms with Crippen LogP contribution in [0.5, 0.6) is 0 Å². The van der Waals surface area contributed by atoms with Gasteiger partial charge in [0.25, 0.3) is 11.8 Å². The van der Waals surface area contributed by atoms with Crippen molar-refractivity contribution in [2.45, 2.75) is 13.0 Å². The maximum Gasteiger partial charge on any atom is 0.326 e. The summed E-state index contributed by atoms with van der Waals surface area (Å²) in [5, 5.41) is 2.28. The van der Waals surface area contributed by atoms with Crippen molar-refractivity contribution in [3.05, 3.63) is 22.6 Å². The summed E-state index contributed by atoms with van der Waals surface area (Å²) in [6, 6.07) is 2.99. The lowest BCUT2D eigenvalue weighted by molar-refractivity contribution is -0.152. The molecule has 0 aliphatic rings. The maximum absolute atomic E-state index is 11.5. The van der Waals surface area contributed by atoms with Gasteiger partial charge < -0.3 is 20.2 Å². The van der Waals surface area contributed by atoms with Gasteiger partial charge in [-0.3, -0.25) is 14.4 Å². The molecule has 1 aromatic rings. The van der Waals surface area contributed by atoms with E-state index in [1.165, 1.54) is 13.0 Å². The molecule has 7 nitrogen and oxygen atoms in total. The Morgan fingerprint density at radius 2 is 2.17 bits per heavy atom. The summed E-state index contributed by atoms with van der Waals surface area (Å²) >= 11 is 3.04. The van der Waals surface area contributed by atoms with Crippen LogP contribution in [-0.4, -0.2) is 30.4 Å². The molecule has 1 atom stereocenters. The quantitative estimate of drug-likeness (QED) is 0.753. The topological polar surface area (TPSA) is 112 Å². The molecule has 0 radical (unpaired) electrons. The van der Waals surface area contributed by atoms with Gasteiger partial charge in [0.1, 0.15) is 6.54 Å². The normalized spacial score (nSPS) is 11.7. The fraction of sp³-hybridized carbons (Fsp3) is 0.300. The second kappa shape index (κ2) is 6.20. The van der Waals surface area contributed by atoms with Gasteiger partial charge in [0, 0.05) is 0 Å². The molecule has 1 aromatic heterocycles. The number of amides is 2. The Labute approximate surface area is 111 Å². The number of primary amides is 1. The van der Waals surface area contributed by atoms with Crippen LogP contribution in [-0.2, 0) is 14.3 Å². The van der Waals surface area contributed by atoms with Gasteiger partial charge in [0.15, 0.2) is 16.5 Å². The summed E-state index contributed by atoms with van der Waals surface area (Å²) < 4.78 is 10.0. The first-order chi connectivity index (χ1) is 8.40. The molecular formula is C10H11BrN2O5. The molecule has 0 unspecified atom stereocenters. The molecule has 8 heteroatoms. The van der Waals surface area contributed by atoms with E-state index in [-0.39, 0.29) is 12.3 Å². The highest BCUT2D eigenvalue weighted by Crippen LogP contribution is 2.13. The third-order valence-corrected chi connectivity index (χ3v) is 2.33. The smallest absolute Gasteiger partial charge is 0.326 e. The fourth-order valence-electron chi connectivity index (χ4n) is 0.973. The average Bonchev–Trinajstić information content (AvgIpc) is 2.72. The maximum atomic E-state index is 11.5. The number of furan rings is 1. The van der Waals surface area contributed by atoms with Crippen molar-refractivity contribution in [2.24, 2.45) is 5.73 Å². The molecule has 1 heterocycles. The molecule has 0 aliphatic carbocycles. The first-order valence-corrected chi connectivity index (χ1v) is 5.71. The van der Waals surface area contributed by atoms with Crippen molar-refractivity contribution in [3.63, 3.8) is 0 Å². The van der Waals surface area contributed by atoms with Crippen LogP contribution < -0.4 is 11.1 Å². The first kappa shape index (κ1) is 14.2. The standard InChI is InChI=1S/C10H11BrN2O5/c1-5(9(12)15)17-8(14)4-13-10(16)6-2-3-7(11)18-6/h2-3,5H,4H2,1H3,(H2,12,15)(H,13,16)/t5-/m0/s1. The van der Waals surface area contributed by atoms with Crippen molar-refractivity contribution in [2.75, 3.05) is 6.54 Å². The summed E-state index contributed by atoms with van der Waals surface area (Å²) in [6.45, 7) is 0.959. The van der Waals surface area contributed by atoms with Crippen LogP contribution in [0.15, 0.2) is 21.2 Å². The Balaban J connectivity index is 2.39. The van der Waals surface area contributed by atoms with E-state index < -0.39 is 23.9 Å². The predicted octanol–water partition coefficient (Wildman–Crippen LogP) is 0.189. The van der Waals surface area contributed by atoms with Gasteiger partial charge in [0.05, 0.1) is 0 Å². The van der Waals surface area contributed by atoms with E-state index in [0.717, 1.165) is 0 Å². The number of rotatable bonds is 5. The molecule has 3 N–H and O–H groups in total. The average molecular weight is 319 g/mol. The minimum absolute atomic E-state index is 0.0534. The lowest BCUT2D eigenvalue weighted by Gasteiger charge is -2.09. The van der Waals surface area contributed by atoms with E-state index in [4.69, 9.17) is 10.2 Å². The lowest BCUT2D eigenvalue weighted by atomic mass is 10.4. The first-order valence-electron chi connectivity index (χ1n) is 4.92. The Bertz CT molecular complexity index is 471. The van der Waals surface area contributed by atoms with Gasteiger partial charge in [0.2, 0.25) is 0 Å². The van der Waals surface area contributed by atoms with Gasteiger partial charge >= 0.3 is 5.97 Å². The minimum Gasteiger partial charge on any atom is -0.451 e. The second-order valence-corrected chi connectivity index (χ2v) is 4.10. The minimum atomic E-state index is -1.04. The molecule has 2 amide bonds. The number of halogens is 1. The van der Waals surface area contributed by atoms with E-state index in [0.29, 0.717) is 4.67 Å². The Hall–Kier alpha value is -1.83. The molecule has 0 spiro atoms. The van der Waals surface area contributed by atoms with Crippen LogP contribution in [0, 0.1) is 0 Å². The molecule has 1 rings (SSSR count). The molecule has 18 heavy (non-hydrogen) atoms. The highest BCUT2D eigenvalue weighted by atomic mass is 79.9. The largest absolute Gasteiger partial charge is 0.451 e. The number of hydrogen-bond donors (Lipinski definition) is 2. The van der Waals surface area contributed by atoms with Crippen molar-refractivity contribution in [1.29, 1.82) is 0 Å². The Morgan fingerprint density at radius 1 is 1.50 bits per heavy atom. The van der Waals surface area contributed by atoms with Gasteiger partial charge in [-0.1, -0.05) is 0 Å². The van der Waals surface area contributed by atoms with Crippen molar-refractivity contribution in [3.8, 4) is 0 Å².